The molecule has 1 fully saturated rings. The van der Waals surface area contributed by atoms with E-state index in [1.165, 1.54) is 0 Å². The Hall–Kier alpha value is -0.0551. The average molecular weight is 130 g/mol. The highest BCUT2D eigenvalue weighted by Crippen LogP contribution is 2.17. The van der Waals surface area contributed by atoms with Gasteiger partial charge in [-0.25, -0.2) is 0 Å². The molecule has 2 N–H and O–H groups in total. The maximum atomic E-state index is 9.07. The van der Waals surface area contributed by atoms with Crippen molar-refractivity contribution in [3.8, 4) is 0 Å². The summed E-state index contributed by atoms with van der Waals surface area (Å²) in [7, 11) is 1.89. The Kier molecular flexibility index (Phi) is 2.11. The summed E-state index contributed by atoms with van der Waals surface area (Å²) in [6.45, 7) is -0.0779. The topological polar surface area (TPSA) is 49.7 Å². The Labute approximate surface area is 55.0 Å². The zero-order valence-corrected chi connectivity index (χ0v) is 5.45. The molecule has 0 spiro atoms. The summed E-state index contributed by atoms with van der Waals surface area (Å²) >= 11 is 0. The third-order valence-corrected chi connectivity index (χ3v) is 1.59. The largest absolute Gasteiger partial charge is 0.394 e. The van der Waals surface area contributed by atoms with Crippen LogP contribution in [0.4, 0.5) is 0 Å². The maximum absolute atomic E-state index is 9.07. The summed E-state index contributed by atoms with van der Waals surface area (Å²) in [5.41, 5.74) is 0. The van der Waals surface area contributed by atoms with Gasteiger partial charge in [0.2, 0.25) is 0 Å². The molecule has 1 heterocycles. The summed E-state index contributed by atoms with van der Waals surface area (Å²) < 4.78 is 5.12. The summed E-state index contributed by atoms with van der Waals surface area (Å²) in [5, 5.41) is 17.6. The highest BCUT2D eigenvalue weighted by molar-refractivity contribution is 6.11. The number of rotatable bonds is 1. The number of aliphatic hydroxyl groups is 2. The molecule has 1 rings (SSSR count). The maximum Gasteiger partial charge on any atom is 0.139 e. The van der Waals surface area contributed by atoms with E-state index in [4.69, 9.17) is 14.9 Å². The molecular weight excluding hydrogens is 119 g/mol. The minimum absolute atomic E-state index is 0.0779. The molecule has 0 aromatic rings. The molecule has 4 heteroatoms. The number of hydrogen-bond acceptors (Lipinski definition) is 3. The second kappa shape index (κ2) is 2.69. The third kappa shape index (κ3) is 1.44. The number of hydrogen-bond donors (Lipinski definition) is 2. The lowest BCUT2D eigenvalue weighted by molar-refractivity contribution is -0.00408. The molecule has 9 heavy (non-hydrogen) atoms. The first kappa shape index (κ1) is 7.06. The fourth-order valence-corrected chi connectivity index (χ4v) is 1.10. The minimum Gasteiger partial charge on any atom is -0.394 e. The second-order valence-corrected chi connectivity index (χ2v) is 2.47. The number of ether oxygens (including phenoxy) is 1. The van der Waals surface area contributed by atoms with Crippen molar-refractivity contribution in [1.29, 1.82) is 0 Å². The van der Waals surface area contributed by atoms with Crippen LogP contribution in [0.25, 0.3) is 0 Å². The van der Waals surface area contributed by atoms with Crippen LogP contribution in [0.3, 0.4) is 0 Å². The SMILES string of the molecule is B[C@@H]1CC(O)[C@H](CO)O1. The van der Waals surface area contributed by atoms with Crippen LogP contribution in [0.5, 0.6) is 0 Å². The van der Waals surface area contributed by atoms with Gasteiger partial charge in [-0.3, -0.25) is 0 Å². The second-order valence-electron chi connectivity index (χ2n) is 2.47. The van der Waals surface area contributed by atoms with Gasteiger partial charge >= 0.3 is 0 Å². The first-order chi connectivity index (χ1) is 4.24. The zero-order chi connectivity index (χ0) is 6.85. The smallest absolute Gasteiger partial charge is 0.139 e. The molecule has 1 unspecified atom stereocenters. The van der Waals surface area contributed by atoms with E-state index < -0.39 is 6.10 Å². The molecule has 0 aromatic carbocycles. The minimum atomic E-state index is -0.468. The molecule has 0 saturated carbocycles. The van der Waals surface area contributed by atoms with Gasteiger partial charge in [-0.15, -0.1) is 0 Å². The van der Waals surface area contributed by atoms with E-state index >= 15 is 0 Å². The van der Waals surface area contributed by atoms with Crippen molar-refractivity contribution in [3.05, 3.63) is 0 Å². The Morgan fingerprint density at radius 2 is 2.33 bits per heavy atom. The molecule has 0 aliphatic carbocycles. The van der Waals surface area contributed by atoms with Gasteiger partial charge in [0.25, 0.3) is 0 Å². The van der Waals surface area contributed by atoms with Gasteiger partial charge in [0, 0.05) is 6.00 Å². The Morgan fingerprint density at radius 3 is 2.56 bits per heavy atom. The average Bonchev–Trinajstić information content (AvgIpc) is 2.10. The van der Waals surface area contributed by atoms with E-state index in [-0.39, 0.29) is 18.7 Å². The molecule has 3 atom stereocenters. The van der Waals surface area contributed by atoms with Crippen molar-refractivity contribution in [3.63, 3.8) is 0 Å². The van der Waals surface area contributed by atoms with Gasteiger partial charge in [-0.2, -0.15) is 0 Å². The molecule has 1 aliphatic heterocycles. The summed E-state index contributed by atoms with van der Waals surface area (Å²) in [5.74, 6) is 0. The van der Waals surface area contributed by atoms with Gasteiger partial charge in [-0.05, 0) is 6.42 Å². The lowest BCUT2D eigenvalue weighted by atomic mass is 9.96. The standard InChI is InChI=1S/C5H11BO3/c6-5-1-3(8)4(2-7)9-5/h3-5,7-8H,1-2,6H2/t3?,4-,5-/m0/s1. The van der Waals surface area contributed by atoms with E-state index in [2.05, 4.69) is 0 Å². The fraction of sp³-hybridized carbons (Fsp3) is 1.00. The van der Waals surface area contributed by atoms with Crippen molar-refractivity contribution in [1.82, 2.24) is 0 Å². The van der Waals surface area contributed by atoms with Crippen LogP contribution in [0.2, 0.25) is 0 Å². The zero-order valence-electron chi connectivity index (χ0n) is 5.45. The lowest BCUT2D eigenvalue weighted by Gasteiger charge is -2.08. The monoisotopic (exact) mass is 130 g/mol. The summed E-state index contributed by atoms with van der Waals surface area (Å²) in [6, 6.07) is 0.0946. The van der Waals surface area contributed by atoms with Crippen LogP contribution in [0.1, 0.15) is 6.42 Å². The van der Waals surface area contributed by atoms with Crippen molar-refractivity contribution >= 4 is 7.85 Å². The molecule has 0 aromatic heterocycles. The molecule has 1 aliphatic rings. The Bertz CT molecular complexity index is 98.2. The van der Waals surface area contributed by atoms with Crippen molar-refractivity contribution in [2.45, 2.75) is 24.6 Å². The van der Waals surface area contributed by atoms with Gasteiger partial charge in [0.15, 0.2) is 0 Å². The first-order valence-corrected chi connectivity index (χ1v) is 3.18. The molecule has 0 bridgehead atoms. The first-order valence-electron chi connectivity index (χ1n) is 3.18. The van der Waals surface area contributed by atoms with Gasteiger partial charge in [-0.1, -0.05) is 0 Å². The number of aliphatic hydroxyl groups excluding tert-OH is 2. The lowest BCUT2D eigenvalue weighted by Crippen LogP contribution is -2.24. The van der Waals surface area contributed by atoms with Gasteiger partial charge < -0.3 is 14.9 Å². The highest BCUT2D eigenvalue weighted by atomic mass is 16.5. The van der Waals surface area contributed by atoms with E-state index in [9.17, 15) is 0 Å². The molecular formula is C5H11BO3. The van der Waals surface area contributed by atoms with E-state index in [0.717, 1.165) is 0 Å². The fourth-order valence-electron chi connectivity index (χ4n) is 1.10. The van der Waals surface area contributed by atoms with Crippen LogP contribution in [-0.2, 0) is 4.74 Å². The van der Waals surface area contributed by atoms with Crippen molar-refractivity contribution in [2.75, 3.05) is 6.61 Å². The van der Waals surface area contributed by atoms with Crippen molar-refractivity contribution < 1.29 is 14.9 Å². The molecule has 1 saturated heterocycles. The summed E-state index contributed by atoms with van der Waals surface area (Å²) in [6.07, 6.45) is -0.171. The van der Waals surface area contributed by atoms with Crippen LogP contribution < -0.4 is 0 Å². The van der Waals surface area contributed by atoms with Crippen molar-refractivity contribution in [2.24, 2.45) is 0 Å². The van der Waals surface area contributed by atoms with Gasteiger partial charge in [0.05, 0.1) is 12.7 Å². The van der Waals surface area contributed by atoms with Gasteiger partial charge in [0.1, 0.15) is 14.0 Å². The van der Waals surface area contributed by atoms with Crippen LogP contribution in [-0.4, -0.2) is 42.9 Å². The van der Waals surface area contributed by atoms with Crippen LogP contribution in [0.15, 0.2) is 0 Å². The van der Waals surface area contributed by atoms with Crippen LogP contribution in [0, 0.1) is 0 Å². The Balaban J connectivity index is 2.38. The molecule has 52 valence electrons. The van der Waals surface area contributed by atoms with E-state index in [0.29, 0.717) is 6.42 Å². The van der Waals surface area contributed by atoms with E-state index in [1.54, 1.807) is 0 Å². The predicted octanol–water partition coefficient (Wildman–Crippen LogP) is -1.91. The normalized spacial score (nSPS) is 43.6. The Morgan fingerprint density at radius 1 is 1.67 bits per heavy atom. The van der Waals surface area contributed by atoms with Crippen LogP contribution >= 0.6 is 0 Å². The summed E-state index contributed by atoms with van der Waals surface area (Å²) in [4.78, 5) is 0. The molecule has 0 radical (unpaired) electrons. The molecule has 3 nitrogen and oxygen atoms in total. The third-order valence-electron chi connectivity index (χ3n) is 1.59. The van der Waals surface area contributed by atoms with E-state index in [1.807, 2.05) is 7.85 Å². The molecule has 0 amide bonds. The predicted molar refractivity (Wildman–Crippen MR) is 34.9 cm³/mol. The highest BCUT2D eigenvalue weighted by Gasteiger charge is 2.29. The quantitative estimate of drug-likeness (QED) is 0.407.